The van der Waals surface area contributed by atoms with Gasteiger partial charge in [-0.05, 0) is 51.3 Å². The molecule has 2 aliphatic carbocycles. The first kappa shape index (κ1) is 20.4. The van der Waals surface area contributed by atoms with Crippen molar-refractivity contribution in [3.8, 4) is 11.1 Å². The van der Waals surface area contributed by atoms with Crippen LogP contribution in [0.1, 0.15) is 40.4 Å². The van der Waals surface area contributed by atoms with Gasteiger partial charge in [-0.1, -0.05) is 48.5 Å². The van der Waals surface area contributed by atoms with Crippen molar-refractivity contribution in [3.05, 3.63) is 65.4 Å². The fraction of sp³-hybridized carbons (Fsp3) is 0.292. The van der Waals surface area contributed by atoms with Crippen LogP contribution in [0.2, 0.25) is 0 Å². The van der Waals surface area contributed by atoms with E-state index in [1.165, 1.54) is 4.90 Å². The number of amides is 2. The van der Waals surface area contributed by atoms with E-state index >= 15 is 0 Å². The number of fused-ring (bicyclic) bond motifs is 4. The van der Waals surface area contributed by atoms with Crippen LogP contribution in [0.15, 0.2) is 53.2 Å². The lowest BCUT2D eigenvalue weighted by Crippen LogP contribution is -2.54. The van der Waals surface area contributed by atoms with Crippen LogP contribution in [-0.4, -0.2) is 57.0 Å². The summed E-state index contributed by atoms with van der Waals surface area (Å²) in [5, 5.41) is 19.3. The molecule has 4 aliphatic rings. The highest BCUT2D eigenvalue weighted by molar-refractivity contribution is 6.02. The summed E-state index contributed by atoms with van der Waals surface area (Å²) in [6.45, 7) is 0.409. The molecule has 2 saturated heterocycles. The van der Waals surface area contributed by atoms with Crippen molar-refractivity contribution in [1.82, 2.24) is 15.2 Å². The van der Waals surface area contributed by atoms with E-state index in [1.807, 2.05) is 48.5 Å². The monoisotopic (exact) mass is 460 g/mol. The summed E-state index contributed by atoms with van der Waals surface area (Å²) in [5.41, 5.74) is 2.89. The molecule has 3 fully saturated rings. The summed E-state index contributed by atoms with van der Waals surface area (Å²) >= 11 is 0. The van der Waals surface area contributed by atoms with E-state index < -0.39 is 23.5 Å². The maximum absolute atomic E-state index is 13.0. The molecule has 0 spiro atoms. The Kier molecular flexibility index (Phi) is 4.44. The quantitative estimate of drug-likeness (QED) is 0.593. The van der Waals surface area contributed by atoms with Crippen LogP contribution < -0.4 is 5.32 Å². The third-order valence-corrected chi connectivity index (χ3v) is 7.11. The smallest absolute Gasteiger partial charge is 0.412 e. The molecule has 0 unspecified atom stereocenters. The highest BCUT2D eigenvalue weighted by Crippen LogP contribution is 2.51. The minimum Gasteiger partial charge on any atom is -0.479 e. The Hall–Kier alpha value is -4.21. The minimum atomic E-state index is -1.22. The molecule has 2 aliphatic heterocycles. The highest BCUT2D eigenvalue weighted by atomic mass is 16.6. The Morgan fingerprint density at radius 2 is 1.71 bits per heavy atom. The third kappa shape index (κ3) is 2.91. The Balaban J connectivity index is 1.16. The van der Waals surface area contributed by atoms with Gasteiger partial charge in [0.15, 0.2) is 0 Å². The minimum absolute atomic E-state index is 0.0876. The van der Waals surface area contributed by atoms with Crippen LogP contribution >= 0.6 is 0 Å². The molecule has 0 radical (unpaired) electrons. The number of carbonyl (C=O) groups excluding carboxylic acids is 2. The molecule has 10 nitrogen and oxygen atoms in total. The summed E-state index contributed by atoms with van der Waals surface area (Å²) < 4.78 is 10.2. The number of nitrogens with one attached hydrogen (secondary N) is 1. The van der Waals surface area contributed by atoms with Crippen LogP contribution in [0, 0.1) is 5.92 Å². The molecule has 172 valence electrons. The zero-order valence-electron chi connectivity index (χ0n) is 17.9. The molecule has 1 saturated carbocycles. The maximum Gasteiger partial charge on any atom is 0.412 e. The van der Waals surface area contributed by atoms with Crippen molar-refractivity contribution in [3.63, 3.8) is 0 Å². The van der Waals surface area contributed by atoms with Gasteiger partial charge in [0.05, 0.1) is 0 Å². The van der Waals surface area contributed by atoms with Crippen LogP contribution in [0.5, 0.6) is 0 Å². The van der Waals surface area contributed by atoms with Gasteiger partial charge in [0.2, 0.25) is 11.5 Å². The Morgan fingerprint density at radius 3 is 2.35 bits per heavy atom. The molecule has 10 heteroatoms. The lowest BCUT2D eigenvalue weighted by Gasteiger charge is -2.37. The van der Waals surface area contributed by atoms with Gasteiger partial charge in [-0.3, -0.25) is 10.1 Å². The van der Waals surface area contributed by atoms with Gasteiger partial charge >= 0.3 is 12.1 Å². The first-order chi connectivity index (χ1) is 16.5. The number of benzene rings is 2. The number of ether oxygens (including phenoxy) is 1. The second kappa shape index (κ2) is 7.41. The standard InChI is InChI=1S/C24H20N4O6/c29-21(28-11-13-9-24(28,10-13)22(30)31)19-20(27-34-26-19)25-23(32)33-12-18-16-7-3-1-5-14(16)15-6-2-4-8-17(15)18/h1-8,13,18H,9-12H2,(H,30,31)(H,25,27,32). The van der Waals surface area contributed by atoms with E-state index in [0.29, 0.717) is 19.4 Å². The van der Waals surface area contributed by atoms with E-state index in [2.05, 4.69) is 20.3 Å². The largest absolute Gasteiger partial charge is 0.479 e. The van der Waals surface area contributed by atoms with Crippen molar-refractivity contribution in [2.24, 2.45) is 5.92 Å². The summed E-state index contributed by atoms with van der Waals surface area (Å²) in [6, 6.07) is 15.9. The second-order valence-corrected chi connectivity index (χ2v) is 8.94. The number of anilines is 1. The zero-order chi connectivity index (χ0) is 23.4. The number of carbonyl (C=O) groups is 3. The number of nitrogens with zero attached hydrogens (tertiary/aromatic N) is 3. The van der Waals surface area contributed by atoms with Gasteiger partial charge in [-0.25, -0.2) is 14.2 Å². The summed E-state index contributed by atoms with van der Waals surface area (Å²) in [6.07, 6.45) is 0.00785. The molecule has 2 amide bonds. The molecule has 3 heterocycles. The number of hydrogen-bond acceptors (Lipinski definition) is 7. The van der Waals surface area contributed by atoms with Crippen molar-refractivity contribution in [2.75, 3.05) is 18.5 Å². The molecule has 1 aromatic heterocycles. The molecule has 2 N–H and O–H groups in total. The van der Waals surface area contributed by atoms with Crippen LogP contribution in [0.25, 0.3) is 11.1 Å². The van der Waals surface area contributed by atoms with E-state index in [4.69, 9.17) is 4.74 Å². The first-order valence-corrected chi connectivity index (χ1v) is 11.0. The maximum atomic E-state index is 13.0. The van der Waals surface area contributed by atoms with Gasteiger partial charge in [-0.2, -0.15) is 0 Å². The highest BCUT2D eigenvalue weighted by Gasteiger charge is 2.63. The third-order valence-electron chi connectivity index (χ3n) is 7.11. The normalized spacial score (nSPS) is 22.0. The molecule has 2 bridgehead atoms. The van der Waals surface area contributed by atoms with Crippen molar-refractivity contribution in [2.45, 2.75) is 24.3 Å². The van der Waals surface area contributed by atoms with E-state index in [0.717, 1.165) is 22.3 Å². The van der Waals surface area contributed by atoms with Crippen LogP contribution in [-0.2, 0) is 9.53 Å². The SMILES string of the molecule is O=C(Nc1nonc1C(=O)N1CC2CC1(C(=O)O)C2)OCC1c2ccccc2-c2ccccc21. The number of aliphatic carboxylic acids is 1. The Labute approximate surface area is 193 Å². The van der Waals surface area contributed by atoms with Crippen LogP contribution in [0.4, 0.5) is 10.6 Å². The molecule has 0 atom stereocenters. The van der Waals surface area contributed by atoms with Gasteiger partial charge in [0.25, 0.3) is 5.91 Å². The van der Waals surface area contributed by atoms with Gasteiger partial charge in [0.1, 0.15) is 12.1 Å². The topological polar surface area (TPSA) is 135 Å². The molecular formula is C24H20N4O6. The zero-order valence-corrected chi connectivity index (χ0v) is 17.9. The average Bonchev–Trinajstić information content (AvgIpc) is 3.57. The van der Waals surface area contributed by atoms with Gasteiger partial charge < -0.3 is 14.7 Å². The van der Waals surface area contributed by atoms with Crippen molar-refractivity contribution < 1.29 is 28.9 Å². The van der Waals surface area contributed by atoms with Crippen LogP contribution in [0.3, 0.4) is 0 Å². The molecule has 7 rings (SSSR count). The predicted molar refractivity (Wildman–Crippen MR) is 117 cm³/mol. The van der Waals surface area contributed by atoms with Crippen molar-refractivity contribution >= 4 is 23.8 Å². The molecule has 34 heavy (non-hydrogen) atoms. The summed E-state index contributed by atoms with van der Waals surface area (Å²) in [4.78, 5) is 38.6. The number of hydrogen-bond donors (Lipinski definition) is 2. The Bertz CT molecular complexity index is 1280. The Morgan fingerprint density at radius 1 is 1.06 bits per heavy atom. The van der Waals surface area contributed by atoms with Gasteiger partial charge in [-0.15, -0.1) is 0 Å². The van der Waals surface area contributed by atoms with E-state index in [1.54, 1.807) is 0 Å². The summed E-state index contributed by atoms with van der Waals surface area (Å²) in [7, 11) is 0. The van der Waals surface area contributed by atoms with E-state index in [9.17, 15) is 19.5 Å². The summed E-state index contributed by atoms with van der Waals surface area (Å²) in [5.74, 6) is -1.86. The fourth-order valence-electron chi connectivity index (χ4n) is 5.52. The van der Waals surface area contributed by atoms with E-state index in [-0.39, 0.29) is 30.0 Å². The average molecular weight is 460 g/mol. The number of carboxylic acids is 1. The van der Waals surface area contributed by atoms with Gasteiger partial charge in [0, 0.05) is 12.5 Å². The molecule has 3 aromatic rings. The molecular weight excluding hydrogens is 440 g/mol. The lowest BCUT2D eigenvalue weighted by molar-refractivity contribution is -0.151. The first-order valence-electron chi connectivity index (χ1n) is 11.0. The predicted octanol–water partition coefficient (Wildman–Crippen LogP) is 3.12. The molecule has 2 aromatic carbocycles. The number of carboxylic acid groups (broad SMARTS) is 1. The fourth-order valence-corrected chi connectivity index (χ4v) is 5.52. The number of rotatable bonds is 5. The number of aromatic nitrogens is 2. The lowest BCUT2D eigenvalue weighted by atomic mass is 9.73. The van der Waals surface area contributed by atoms with Crippen molar-refractivity contribution in [1.29, 1.82) is 0 Å². The second-order valence-electron chi connectivity index (χ2n) is 8.94.